The summed E-state index contributed by atoms with van der Waals surface area (Å²) in [5.41, 5.74) is 0. The van der Waals surface area contributed by atoms with Crippen molar-refractivity contribution in [3.05, 3.63) is 0 Å². The van der Waals surface area contributed by atoms with Crippen molar-refractivity contribution >= 4 is 11.8 Å². The molecule has 1 saturated heterocycles. The van der Waals surface area contributed by atoms with Gasteiger partial charge in [0.25, 0.3) is 0 Å². The lowest BCUT2D eigenvalue weighted by molar-refractivity contribution is 0.375. The quantitative estimate of drug-likeness (QED) is 0.445. The molecule has 0 amide bonds. The van der Waals surface area contributed by atoms with Crippen molar-refractivity contribution in [1.82, 2.24) is 10.6 Å². The van der Waals surface area contributed by atoms with Gasteiger partial charge in [0.05, 0.1) is 5.75 Å². The third-order valence-electron chi connectivity index (χ3n) is 1.65. The van der Waals surface area contributed by atoms with Crippen molar-refractivity contribution in [2.75, 3.05) is 31.1 Å². The van der Waals surface area contributed by atoms with Crippen LogP contribution in [0.3, 0.4) is 0 Å². The normalized spacial score (nSPS) is 17.4. The van der Waals surface area contributed by atoms with Crippen molar-refractivity contribution in [1.29, 1.82) is 0 Å². The molecule has 0 spiro atoms. The molecule has 0 atom stereocenters. The minimum absolute atomic E-state index is 0.710. The van der Waals surface area contributed by atoms with E-state index in [1.807, 2.05) is 11.8 Å². The lowest BCUT2D eigenvalue weighted by atomic mass is 10.2. The van der Waals surface area contributed by atoms with Gasteiger partial charge in [0.15, 0.2) is 0 Å². The lowest BCUT2D eigenvalue weighted by Crippen LogP contribution is -2.55. The number of hydrogen-bond acceptors (Lipinski definition) is 3. The number of rotatable bonds is 5. The minimum Gasteiger partial charge on any atom is -0.314 e. The number of thioether (sulfide) groups is 1. The zero-order chi connectivity index (χ0) is 7.94. The summed E-state index contributed by atoms with van der Waals surface area (Å²) in [6, 6.07) is 0.710. The van der Waals surface area contributed by atoms with Gasteiger partial charge in [-0.2, -0.15) is 0 Å². The van der Waals surface area contributed by atoms with Crippen LogP contribution in [0.25, 0.3) is 0 Å². The molecule has 1 fully saturated rings. The molecule has 62 valence electrons. The van der Waals surface area contributed by atoms with Gasteiger partial charge in [-0.25, -0.2) is 0 Å². The van der Waals surface area contributed by atoms with Crippen molar-refractivity contribution in [3.63, 3.8) is 0 Å². The SMILES string of the molecule is C#CCSCCNC1CNC1. The second-order valence-electron chi connectivity index (χ2n) is 2.57. The van der Waals surface area contributed by atoms with E-state index in [0.717, 1.165) is 31.1 Å². The van der Waals surface area contributed by atoms with Gasteiger partial charge in [-0.15, -0.1) is 18.2 Å². The van der Waals surface area contributed by atoms with Crippen LogP contribution in [0.1, 0.15) is 0 Å². The fraction of sp³-hybridized carbons (Fsp3) is 0.750. The van der Waals surface area contributed by atoms with Crippen LogP contribution in [0.5, 0.6) is 0 Å². The van der Waals surface area contributed by atoms with Gasteiger partial charge in [0, 0.05) is 31.4 Å². The molecule has 1 aliphatic heterocycles. The molecule has 1 heterocycles. The van der Waals surface area contributed by atoms with Crippen LogP contribution in [-0.4, -0.2) is 37.2 Å². The topological polar surface area (TPSA) is 24.1 Å². The highest BCUT2D eigenvalue weighted by atomic mass is 32.2. The van der Waals surface area contributed by atoms with E-state index in [2.05, 4.69) is 16.6 Å². The summed E-state index contributed by atoms with van der Waals surface area (Å²) in [4.78, 5) is 0. The third-order valence-corrected chi connectivity index (χ3v) is 2.51. The van der Waals surface area contributed by atoms with Gasteiger partial charge < -0.3 is 10.6 Å². The highest BCUT2D eigenvalue weighted by Crippen LogP contribution is 1.97. The molecule has 0 unspecified atom stereocenters. The zero-order valence-electron chi connectivity index (χ0n) is 6.60. The first-order valence-corrected chi connectivity index (χ1v) is 5.04. The van der Waals surface area contributed by atoms with E-state index in [4.69, 9.17) is 6.42 Å². The summed E-state index contributed by atoms with van der Waals surface area (Å²) >= 11 is 1.81. The Hall–Kier alpha value is -0.170. The van der Waals surface area contributed by atoms with Crippen LogP contribution in [0.4, 0.5) is 0 Å². The Kier molecular flexibility index (Phi) is 4.44. The van der Waals surface area contributed by atoms with E-state index in [1.165, 1.54) is 0 Å². The molecule has 2 N–H and O–H groups in total. The molecule has 0 aliphatic carbocycles. The Balaban J connectivity index is 1.77. The first-order chi connectivity index (χ1) is 5.43. The van der Waals surface area contributed by atoms with Crippen LogP contribution >= 0.6 is 11.8 Å². The van der Waals surface area contributed by atoms with E-state index >= 15 is 0 Å². The Labute approximate surface area is 72.5 Å². The van der Waals surface area contributed by atoms with Gasteiger partial charge in [-0.3, -0.25) is 0 Å². The van der Waals surface area contributed by atoms with Crippen molar-refractivity contribution < 1.29 is 0 Å². The molecule has 0 aromatic carbocycles. The van der Waals surface area contributed by atoms with Gasteiger partial charge >= 0.3 is 0 Å². The van der Waals surface area contributed by atoms with E-state index in [0.29, 0.717) is 6.04 Å². The molecule has 0 aromatic rings. The molecule has 0 saturated carbocycles. The Morgan fingerprint density at radius 2 is 2.45 bits per heavy atom. The fourth-order valence-electron chi connectivity index (χ4n) is 0.899. The van der Waals surface area contributed by atoms with E-state index in [1.54, 1.807) is 0 Å². The summed E-state index contributed by atoms with van der Waals surface area (Å²) in [5, 5.41) is 6.64. The molecule has 2 nitrogen and oxygen atoms in total. The Morgan fingerprint density at radius 1 is 1.64 bits per heavy atom. The Bertz CT molecular complexity index is 138. The van der Waals surface area contributed by atoms with Crippen molar-refractivity contribution in [2.24, 2.45) is 0 Å². The van der Waals surface area contributed by atoms with E-state index < -0.39 is 0 Å². The fourth-order valence-corrected chi connectivity index (χ4v) is 1.42. The average Bonchev–Trinajstić information content (AvgIpc) is 1.93. The summed E-state index contributed by atoms with van der Waals surface area (Å²) in [6.07, 6.45) is 5.11. The van der Waals surface area contributed by atoms with Gasteiger partial charge in [-0.05, 0) is 0 Å². The van der Waals surface area contributed by atoms with Crippen LogP contribution in [0.2, 0.25) is 0 Å². The maximum absolute atomic E-state index is 5.11. The highest BCUT2D eigenvalue weighted by Gasteiger charge is 2.14. The van der Waals surface area contributed by atoms with Crippen molar-refractivity contribution in [3.8, 4) is 12.3 Å². The van der Waals surface area contributed by atoms with Crippen LogP contribution < -0.4 is 10.6 Å². The standard InChI is InChI=1S/C8H14N2S/c1-2-4-11-5-3-10-8-6-9-7-8/h1,8-10H,3-7H2. The van der Waals surface area contributed by atoms with Gasteiger partial charge in [0.2, 0.25) is 0 Å². The largest absolute Gasteiger partial charge is 0.314 e. The van der Waals surface area contributed by atoms with E-state index in [-0.39, 0.29) is 0 Å². The third kappa shape index (κ3) is 3.66. The summed E-state index contributed by atoms with van der Waals surface area (Å²) in [5.74, 6) is 4.57. The zero-order valence-corrected chi connectivity index (χ0v) is 7.41. The van der Waals surface area contributed by atoms with Crippen molar-refractivity contribution in [2.45, 2.75) is 6.04 Å². The highest BCUT2D eigenvalue weighted by molar-refractivity contribution is 7.99. The molecular formula is C8H14N2S. The predicted molar refractivity (Wildman–Crippen MR) is 50.8 cm³/mol. The molecule has 3 heteroatoms. The number of terminal acetylenes is 1. The Morgan fingerprint density at radius 3 is 3.00 bits per heavy atom. The maximum Gasteiger partial charge on any atom is 0.0545 e. The molecule has 1 rings (SSSR count). The van der Waals surface area contributed by atoms with Gasteiger partial charge in [-0.1, -0.05) is 5.92 Å². The second-order valence-corrected chi connectivity index (χ2v) is 3.67. The van der Waals surface area contributed by atoms with Gasteiger partial charge in [0.1, 0.15) is 0 Å². The summed E-state index contributed by atoms with van der Waals surface area (Å²) < 4.78 is 0. The van der Waals surface area contributed by atoms with E-state index in [9.17, 15) is 0 Å². The molecule has 11 heavy (non-hydrogen) atoms. The molecule has 0 aromatic heterocycles. The number of hydrogen-bond donors (Lipinski definition) is 2. The molecule has 1 aliphatic rings. The average molecular weight is 170 g/mol. The molecule has 0 bridgehead atoms. The second kappa shape index (κ2) is 5.48. The van der Waals surface area contributed by atoms with Crippen LogP contribution in [0, 0.1) is 12.3 Å². The maximum atomic E-state index is 5.11. The predicted octanol–water partition coefficient (Wildman–Crippen LogP) is -0.0858. The minimum atomic E-state index is 0.710. The first kappa shape index (κ1) is 8.92. The summed E-state index contributed by atoms with van der Waals surface area (Å²) in [7, 11) is 0. The summed E-state index contributed by atoms with van der Waals surface area (Å²) in [6.45, 7) is 3.33. The first-order valence-electron chi connectivity index (χ1n) is 3.89. The number of nitrogens with one attached hydrogen (secondary N) is 2. The molecule has 0 radical (unpaired) electrons. The molecular weight excluding hydrogens is 156 g/mol. The smallest absolute Gasteiger partial charge is 0.0545 e. The lowest BCUT2D eigenvalue weighted by Gasteiger charge is -2.27. The van der Waals surface area contributed by atoms with Crippen LogP contribution in [0.15, 0.2) is 0 Å². The van der Waals surface area contributed by atoms with Crippen LogP contribution in [-0.2, 0) is 0 Å². The monoisotopic (exact) mass is 170 g/mol.